The molecule has 27 heavy (non-hydrogen) atoms. The van der Waals surface area contributed by atoms with Crippen molar-refractivity contribution in [3.05, 3.63) is 42.5 Å². The van der Waals surface area contributed by atoms with Gasteiger partial charge in [-0.05, 0) is 31.0 Å². The Balaban J connectivity index is 1.46. The topological polar surface area (TPSA) is 95.6 Å². The zero-order valence-corrected chi connectivity index (χ0v) is 15.2. The van der Waals surface area contributed by atoms with Crippen molar-refractivity contribution in [1.82, 2.24) is 20.2 Å². The fourth-order valence-electron chi connectivity index (χ4n) is 3.65. The Morgan fingerprint density at radius 2 is 2.07 bits per heavy atom. The Morgan fingerprint density at radius 1 is 1.19 bits per heavy atom. The summed E-state index contributed by atoms with van der Waals surface area (Å²) in [6.07, 6.45) is 12.2. The molecule has 3 heterocycles. The van der Waals surface area contributed by atoms with Gasteiger partial charge in [0.1, 0.15) is 5.82 Å². The molecule has 4 rings (SSSR count). The van der Waals surface area contributed by atoms with Gasteiger partial charge in [-0.25, -0.2) is 4.98 Å². The molecule has 0 spiro atoms. The van der Waals surface area contributed by atoms with Gasteiger partial charge in [-0.1, -0.05) is 19.3 Å². The predicted octanol–water partition coefficient (Wildman–Crippen LogP) is 3.67. The molecule has 1 aliphatic carbocycles. The van der Waals surface area contributed by atoms with Crippen LogP contribution >= 0.6 is 0 Å². The van der Waals surface area contributed by atoms with Crippen LogP contribution in [0.3, 0.4) is 0 Å². The van der Waals surface area contributed by atoms with Gasteiger partial charge in [0.15, 0.2) is 0 Å². The van der Waals surface area contributed by atoms with E-state index >= 15 is 0 Å². The van der Waals surface area contributed by atoms with Gasteiger partial charge in [-0.15, -0.1) is 0 Å². The minimum atomic E-state index is -0.0511. The fraction of sp³-hybridized carbons (Fsp3) is 0.400. The smallest absolute Gasteiger partial charge is 0.224 e. The van der Waals surface area contributed by atoms with Gasteiger partial charge in [0.05, 0.1) is 28.5 Å². The molecule has 0 atom stereocenters. The number of H-pyrrole nitrogens is 1. The first-order valence-electron chi connectivity index (χ1n) is 9.58. The van der Waals surface area contributed by atoms with E-state index in [0.29, 0.717) is 24.6 Å². The van der Waals surface area contributed by atoms with Crippen molar-refractivity contribution in [2.45, 2.75) is 51.0 Å². The minimum absolute atomic E-state index is 0.0511. The lowest BCUT2D eigenvalue weighted by molar-refractivity contribution is -0.116. The van der Waals surface area contributed by atoms with Gasteiger partial charge in [0, 0.05) is 31.3 Å². The summed E-state index contributed by atoms with van der Waals surface area (Å²) in [7, 11) is 0. The number of amides is 1. The highest BCUT2D eigenvalue weighted by Crippen LogP contribution is 2.27. The maximum atomic E-state index is 12.2. The lowest BCUT2D eigenvalue weighted by atomic mass is 9.95. The number of aryl methyl sites for hydroxylation is 1. The Hall–Kier alpha value is -2.96. The number of fused-ring (bicyclic) bond motifs is 1. The first-order valence-corrected chi connectivity index (χ1v) is 9.58. The summed E-state index contributed by atoms with van der Waals surface area (Å²) in [4.78, 5) is 20.8. The van der Waals surface area contributed by atoms with Crippen LogP contribution in [0, 0.1) is 0 Å². The van der Waals surface area contributed by atoms with Crippen LogP contribution in [-0.2, 0) is 11.2 Å². The van der Waals surface area contributed by atoms with Crippen LogP contribution in [0.1, 0.15) is 44.2 Å². The Morgan fingerprint density at radius 3 is 2.89 bits per heavy atom. The van der Waals surface area contributed by atoms with Crippen LogP contribution in [0.4, 0.5) is 11.5 Å². The third kappa shape index (κ3) is 4.24. The summed E-state index contributed by atoms with van der Waals surface area (Å²) in [5.41, 5.74) is 2.53. The number of nitrogens with one attached hydrogen (secondary N) is 3. The molecule has 0 aliphatic heterocycles. The summed E-state index contributed by atoms with van der Waals surface area (Å²) < 4.78 is 0. The van der Waals surface area contributed by atoms with E-state index in [9.17, 15) is 4.79 Å². The van der Waals surface area contributed by atoms with Crippen LogP contribution in [-0.4, -0.2) is 32.1 Å². The zero-order valence-electron chi connectivity index (χ0n) is 15.2. The molecule has 3 aromatic rings. The molecule has 0 bridgehead atoms. The van der Waals surface area contributed by atoms with Gasteiger partial charge in [0.2, 0.25) is 5.91 Å². The van der Waals surface area contributed by atoms with E-state index < -0.39 is 0 Å². The summed E-state index contributed by atoms with van der Waals surface area (Å²) in [6.45, 7) is 0. The number of hydrogen-bond acceptors (Lipinski definition) is 5. The van der Waals surface area contributed by atoms with Crippen molar-refractivity contribution in [3.63, 3.8) is 0 Å². The normalized spacial score (nSPS) is 15.0. The first-order chi connectivity index (χ1) is 13.3. The van der Waals surface area contributed by atoms with Crippen LogP contribution in [0.25, 0.3) is 10.9 Å². The number of aromatic nitrogens is 4. The molecule has 0 unspecified atom stereocenters. The van der Waals surface area contributed by atoms with E-state index in [0.717, 1.165) is 22.4 Å². The second-order valence-electron chi connectivity index (χ2n) is 7.02. The largest absolute Gasteiger partial charge is 0.367 e. The molecule has 3 N–H and O–H groups in total. The van der Waals surface area contributed by atoms with E-state index in [-0.39, 0.29) is 5.91 Å². The molecule has 7 nitrogen and oxygen atoms in total. The summed E-state index contributed by atoms with van der Waals surface area (Å²) in [6, 6.07) is 6.01. The molecule has 1 aliphatic rings. The van der Waals surface area contributed by atoms with Gasteiger partial charge in [-0.2, -0.15) is 5.10 Å². The number of pyridine rings is 2. The molecule has 3 aromatic heterocycles. The predicted molar refractivity (Wildman–Crippen MR) is 106 cm³/mol. The minimum Gasteiger partial charge on any atom is -0.367 e. The monoisotopic (exact) mass is 364 g/mol. The lowest BCUT2D eigenvalue weighted by Crippen LogP contribution is -2.23. The van der Waals surface area contributed by atoms with E-state index in [1.165, 1.54) is 32.1 Å². The summed E-state index contributed by atoms with van der Waals surface area (Å²) in [5.74, 6) is 0.820. The second kappa shape index (κ2) is 8.16. The molecular weight excluding hydrogens is 340 g/mol. The third-order valence-electron chi connectivity index (χ3n) is 5.03. The van der Waals surface area contributed by atoms with E-state index in [1.54, 1.807) is 24.7 Å². The van der Waals surface area contributed by atoms with Gasteiger partial charge in [-0.3, -0.25) is 14.9 Å². The van der Waals surface area contributed by atoms with Crippen LogP contribution in [0.15, 0.2) is 36.8 Å². The number of nitrogens with zero attached hydrogens (tertiary/aromatic N) is 3. The third-order valence-corrected chi connectivity index (χ3v) is 5.03. The van der Waals surface area contributed by atoms with E-state index in [2.05, 4.69) is 30.8 Å². The van der Waals surface area contributed by atoms with Crippen LogP contribution < -0.4 is 10.6 Å². The highest BCUT2D eigenvalue weighted by molar-refractivity contribution is 5.93. The number of anilines is 2. The molecule has 0 radical (unpaired) electrons. The Bertz CT molecular complexity index is 901. The zero-order chi connectivity index (χ0) is 18.5. The number of aromatic amines is 1. The fourth-order valence-corrected chi connectivity index (χ4v) is 3.65. The van der Waals surface area contributed by atoms with Gasteiger partial charge in [0.25, 0.3) is 0 Å². The summed E-state index contributed by atoms with van der Waals surface area (Å²) >= 11 is 0. The number of hydrogen-bond donors (Lipinski definition) is 3. The number of carbonyl (C=O) groups is 1. The first kappa shape index (κ1) is 17.5. The highest BCUT2D eigenvalue weighted by atomic mass is 16.1. The van der Waals surface area contributed by atoms with Gasteiger partial charge < -0.3 is 10.6 Å². The van der Waals surface area contributed by atoms with Gasteiger partial charge >= 0.3 is 0 Å². The molecule has 1 fully saturated rings. The van der Waals surface area contributed by atoms with Crippen molar-refractivity contribution in [2.24, 2.45) is 0 Å². The lowest BCUT2D eigenvalue weighted by Gasteiger charge is -2.23. The average molecular weight is 364 g/mol. The van der Waals surface area contributed by atoms with Crippen LogP contribution in [0.5, 0.6) is 0 Å². The highest BCUT2D eigenvalue weighted by Gasteiger charge is 2.18. The SMILES string of the molecule is O=C(CCc1n[nH]c2ccnc(NC3CCCCC3)c12)Nc1cccnc1. The second-order valence-corrected chi connectivity index (χ2v) is 7.02. The van der Waals surface area contributed by atoms with Crippen molar-refractivity contribution in [1.29, 1.82) is 0 Å². The molecule has 0 saturated heterocycles. The quantitative estimate of drug-likeness (QED) is 0.620. The maximum absolute atomic E-state index is 12.2. The number of rotatable bonds is 6. The molecule has 1 amide bonds. The van der Waals surface area contributed by atoms with Crippen molar-refractivity contribution >= 4 is 28.3 Å². The molecule has 0 aromatic carbocycles. The Labute approximate surface area is 158 Å². The van der Waals surface area contributed by atoms with E-state index in [1.807, 2.05) is 12.1 Å². The molecule has 1 saturated carbocycles. The number of carbonyl (C=O) groups excluding carboxylic acids is 1. The van der Waals surface area contributed by atoms with E-state index in [4.69, 9.17) is 0 Å². The standard InChI is InChI=1S/C20H24N6O/c27-18(23-15-7-4-11-21-13-15)9-8-16-19-17(26-25-16)10-12-22-20(19)24-14-5-2-1-3-6-14/h4,7,10-14H,1-3,5-6,8-9H2,(H,22,24)(H,23,27)(H,25,26). The Kier molecular flexibility index (Phi) is 5.27. The van der Waals surface area contributed by atoms with Crippen molar-refractivity contribution in [3.8, 4) is 0 Å². The molecular formula is C20H24N6O. The molecule has 140 valence electrons. The maximum Gasteiger partial charge on any atom is 0.224 e. The molecule has 7 heteroatoms. The average Bonchev–Trinajstić information content (AvgIpc) is 3.12. The summed E-state index contributed by atoms with van der Waals surface area (Å²) in [5, 5.41) is 15.0. The van der Waals surface area contributed by atoms with Crippen LogP contribution in [0.2, 0.25) is 0 Å². The van der Waals surface area contributed by atoms with Crippen molar-refractivity contribution < 1.29 is 4.79 Å². The van der Waals surface area contributed by atoms with Crippen molar-refractivity contribution in [2.75, 3.05) is 10.6 Å².